The molecule has 1 fully saturated rings. The SMILES string of the molecule is CCC(N)C(CC(=O)OC)C1CCCCCCC1. The summed E-state index contributed by atoms with van der Waals surface area (Å²) < 4.78 is 4.83. The maximum Gasteiger partial charge on any atom is 0.305 e. The number of esters is 1. The Labute approximate surface area is 111 Å². The Morgan fingerprint density at radius 1 is 1.22 bits per heavy atom. The molecule has 1 aliphatic rings. The van der Waals surface area contributed by atoms with Gasteiger partial charge in [-0.2, -0.15) is 0 Å². The van der Waals surface area contributed by atoms with Crippen molar-refractivity contribution in [2.45, 2.75) is 70.8 Å². The number of carbonyl (C=O) groups is 1. The molecule has 2 N–H and O–H groups in total. The minimum absolute atomic E-state index is 0.106. The van der Waals surface area contributed by atoms with E-state index < -0.39 is 0 Å². The fourth-order valence-electron chi connectivity index (χ4n) is 3.16. The van der Waals surface area contributed by atoms with E-state index in [1.165, 1.54) is 52.1 Å². The molecular formula is C15H29NO2. The van der Waals surface area contributed by atoms with Crippen molar-refractivity contribution in [1.82, 2.24) is 0 Å². The van der Waals surface area contributed by atoms with Crippen LogP contribution >= 0.6 is 0 Å². The lowest BCUT2D eigenvalue weighted by Crippen LogP contribution is -2.36. The van der Waals surface area contributed by atoms with Crippen LogP contribution in [0.5, 0.6) is 0 Å². The Morgan fingerprint density at radius 3 is 2.28 bits per heavy atom. The quantitative estimate of drug-likeness (QED) is 0.767. The molecule has 0 spiro atoms. The predicted molar refractivity (Wildman–Crippen MR) is 74.2 cm³/mol. The Bertz CT molecular complexity index is 235. The van der Waals surface area contributed by atoms with Crippen LogP contribution in [0.15, 0.2) is 0 Å². The van der Waals surface area contributed by atoms with Crippen molar-refractivity contribution in [1.29, 1.82) is 0 Å². The number of carbonyl (C=O) groups excluding carboxylic acids is 1. The number of nitrogens with two attached hydrogens (primary N) is 1. The lowest BCUT2D eigenvalue weighted by Gasteiger charge is -2.32. The van der Waals surface area contributed by atoms with Crippen molar-refractivity contribution in [3.63, 3.8) is 0 Å². The molecule has 0 aromatic rings. The fraction of sp³-hybridized carbons (Fsp3) is 0.933. The average molecular weight is 255 g/mol. The molecule has 0 bridgehead atoms. The van der Waals surface area contributed by atoms with E-state index in [-0.39, 0.29) is 12.0 Å². The molecule has 3 heteroatoms. The molecule has 1 rings (SSSR count). The number of ether oxygens (including phenoxy) is 1. The lowest BCUT2D eigenvalue weighted by molar-refractivity contribution is -0.142. The second-order valence-corrected chi connectivity index (χ2v) is 5.62. The summed E-state index contributed by atoms with van der Waals surface area (Å²) in [6.07, 6.45) is 10.5. The Morgan fingerprint density at radius 2 is 1.78 bits per heavy atom. The summed E-state index contributed by atoms with van der Waals surface area (Å²) in [6, 6.07) is 0.133. The van der Waals surface area contributed by atoms with Gasteiger partial charge in [-0.1, -0.05) is 51.9 Å². The average Bonchev–Trinajstić information content (AvgIpc) is 2.35. The van der Waals surface area contributed by atoms with Gasteiger partial charge in [0, 0.05) is 6.04 Å². The molecule has 0 aromatic heterocycles. The maximum absolute atomic E-state index is 11.6. The van der Waals surface area contributed by atoms with E-state index in [4.69, 9.17) is 10.5 Å². The van der Waals surface area contributed by atoms with Crippen LogP contribution in [0.4, 0.5) is 0 Å². The van der Waals surface area contributed by atoms with Crippen LogP contribution in [-0.2, 0) is 9.53 Å². The zero-order valence-corrected chi connectivity index (χ0v) is 12.0. The van der Waals surface area contributed by atoms with Gasteiger partial charge in [-0.25, -0.2) is 0 Å². The second-order valence-electron chi connectivity index (χ2n) is 5.62. The lowest BCUT2D eigenvalue weighted by atomic mass is 9.76. The van der Waals surface area contributed by atoms with E-state index in [0.29, 0.717) is 18.3 Å². The van der Waals surface area contributed by atoms with Crippen LogP contribution in [0, 0.1) is 11.8 Å². The number of rotatable bonds is 5. The molecule has 3 nitrogen and oxygen atoms in total. The fourth-order valence-corrected chi connectivity index (χ4v) is 3.16. The highest BCUT2D eigenvalue weighted by atomic mass is 16.5. The number of hydrogen-bond donors (Lipinski definition) is 1. The van der Waals surface area contributed by atoms with E-state index in [9.17, 15) is 4.79 Å². The van der Waals surface area contributed by atoms with E-state index >= 15 is 0 Å². The topological polar surface area (TPSA) is 52.3 Å². The Hall–Kier alpha value is -0.570. The van der Waals surface area contributed by atoms with Gasteiger partial charge in [0.2, 0.25) is 0 Å². The Balaban J connectivity index is 2.63. The first-order chi connectivity index (χ1) is 8.69. The van der Waals surface area contributed by atoms with Crippen molar-refractivity contribution < 1.29 is 9.53 Å². The smallest absolute Gasteiger partial charge is 0.305 e. The van der Waals surface area contributed by atoms with Gasteiger partial charge in [-0.15, -0.1) is 0 Å². The van der Waals surface area contributed by atoms with Crippen LogP contribution in [-0.4, -0.2) is 19.1 Å². The van der Waals surface area contributed by atoms with Crippen LogP contribution in [0.1, 0.15) is 64.7 Å². The van der Waals surface area contributed by atoms with Crippen molar-refractivity contribution in [3.05, 3.63) is 0 Å². The Kier molecular flexibility index (Phi) is 7.33. The van der Waals surface area contributed by atoms with Gasteiger partial charge < -0.3 is 10.5 Å². The third-order valence-electron chi connectivity index (χ3n) is 4.41. The monoisotopic (exact) mass is 255 g/mol. The van der Waals surface area contributed by atoms with Gasteiger partial charge in [0.25, 0.3) is 0 Å². The van der Waals surface area contributed by atoms with Gasteiger partial charge in [0.15, 0.2) is 0 Å². The van der Waals surface area contributed by atoms with Crippen molar-refractivity contribution in [2.75, 3.05) is 7.11 Å². The molecule has 0 amide bonds. The van der Waals surface area contributed by atoms with Crippen molar-refractivity contribution in [2.24, 2.45) is 17.6 Å². The zero-order chi connectivity index (χ0) is 13.4. The molecule has 1 saturated carbocycles. The van der Waals surface area contributed by atoms with Crippen LogP contribution < -0.4 is 5.73 Å². The molecule has 0 heterocycles. The summed E-state index contributed by atoms with van der Waals surface area (Å²) in [6.45, 7) is 2.11. The van der Waals surface area contributed by atoms with E-state index in [1.807, 2.05) is 0 Å². The molecule has 0 saturated heterocycles. The molecule has 106 valence electrons. The van der Waals surface area contributed by atoms with E-state index in [1.54, 1.807) is 0 Å². The molecule has 1 aliphatic carbocycles. The summed E-state index contributed by atoms with van der Waals surface area (Å²) in [5.74, 6) is 0.811. The van der Waals surface area contributed by atoms with Crippen LogP contribution in [0.3, 0.4) is 0 Å². The van der Waals surface area contributed by atoms with Gasteiger partial charge in [0.1, 0.15) is 0 Å². The molecule has 0 aromatic carbocycles. The summed E-state index contributed by atoms with van der Waals surface area (Å²) in [5, 5.41) is 0. The van der Waals surface area contributed by atoms with Gasteiger partial charge in [0.05, 0.1) is 13.5 Å². The van der Waals surface area contributed by atoms with E-state index in [0.717, 1.165) is 6.42 Å². The maximum atomic E-state index is 11.6. The summed E-state index contributed by atoms with van der Waals surface area (Å²) in [5.41, 5.74) is 6.23. The highest BCUT2D eigenvalue weighted by Crippen LogP contribution is 2.32. The normalized spacial score (nSPS) is 21.7. The first-order valence-electron chi connectivity index (χ1n) is 7.51. The minimum atomic E-state index is -0.106. The number of hydrogen-bond acceptors (Lipinski definition) is 3. The van der Waals surface area contributed by atoms with Gasteiger partial charge >= 0.3 is 5.97 Å². The zero-order valence-electron chi connectivity index (χ0n) is 12.0. The summed E-state index contributed by atoms with van der Waals surface area (Å²) >= 11 is 0. The largest absolute Gasteiger partial charge is 0.469 e. The second kappa shape index (κ2) is 8.52. The van der Waals surface area contributed by atoms with Gasteiger partial charge in [-0.3, -0.25) is 4.79 Å². The van der Waals surface area contributed by atoms with Crippen LogP contribution in [0.2, 0.25) is 0 Å². The molecule has 2 atom stereocenters. The highest BCUT2D eigenvalue weighted by Gasteiger charge is 2.28. The molecule has 0 aliphatic heterocycles. The van der Waals surface area contributed by atoms with Gasteiger partial charge in [-0.05, 0) is 18.3 Å². The number of methoxy groups -OCH3 is 1. The first-order valence-corrected chi connectivity index (χ1v) is 7.51. The van der Waals surface area contributed by atoms with Crippen molar-refractivity contribution >= 4 is 5.97 Å². The standard InChI is InChI=1S/C15H29NO2/c1-3-14(16)13(11-15(17)18-2)12-9-7-5-4-6-8-10-12/h12-14H,3-11,16H2,1-2H3. The first kappa shape index (κ1) is 15.5. The van der Waals surface area contributed by atoms with Crippen molar-refractivity contribution in [3.8, 4) is 0 Å². The minimum Gasteiger partial charge on any atom is -0.469 e. The molecule has 18 heavy (non-hydrogen) atoms. The highest BCUT2D eigenvalue weighted by molar-refractivity contribution is 5.69. The van der Waals surface area contributed by atoms with E-state index in [2.05, 4.69) is 6.92 Å². The van der Waals surface area contributed by atoms with Crippen LogP contribution in [0.25, 0.3) is 0 Å². The third kappa shape index (κ3) is 4.97. The summed E-state index contributed by atoms with van der Waals surface area (Å²) in [7, 11) is 1.47. The predicted octanol–water partition coefficient (Wildman–Crippen LogP) is 3.26. The molecular weight excluding hydrogens is 226 g/mol. The molecule has 0 radical (unpaired) electrons. The third-order valence-corrected chi connectivity index (χ3v) is 4.41. The molecule has 2 unspecified atom stereocenters. The summed E-state index contributed by atoms with van der Waals surface area (Å²) in [4.78, 5) is 11.6.